The van der Waals surface area contributed by atoms with Crippen molar-refractivity contribution in [2.24, 2.45) is 0 Å². The lowest BCUT2D eigenvalue weighted by Crippen LogP contribution is -2.45. The molecule has 11 heteroatoms. The lowest BCUT2D eigenvalue weighted by Gasteiger charge is -2.33. The molecule has 2 amide bonds. The van der Waals surface area contributed by atoms with E-state index in [1.807, 2.05) is 30.0 Å². The molecule has 0 radical (unpaired) electrons. The summed E-state index contributed by atoms with van der Waals surface area (Å²) in [6.45, 7) is 3.15. The summed E-state index contributed by atoms with van der Waals surface area (Å²) in [7, 11) is 0. The van der Waals surface area contributed by atoms with Crippen LogP contribution in [0.3, 0.4) is 0 Å². The third-order valence-electron chi connectivity index (χ3n) is 6.86. The molecule has 1 aliphatic rings. The highest BCUT2D eigenvalue weighted by Crippen LogP contribution is 2.33. The Morgan fingerprint density at radius 2 is 1.85 bits per heavy atom. The van der Waals surface area contributed by atoms with E-state index >= 15 is 0 Å². The summed E-state index contributed by atoms with van der Waals surface area (Å²) in [5.74, 6) is 1.87. The van der Waals surface area contributed by atoms with Crippen molar-refractivity contribution < 1.29 is 14.3 Å². The predicted octanol–water partition coefficient (Wildman–Crippen LogP) is 4.82. The van der Waals surface area contributed by atoms with Gasteiger partial charge in [-0.25, -0.2) is 9.97 Å². The highest BCUT2D eigenvalue weighted by molar-refractivity contribution is 6.03. The third-order valence-corrected chi connectivity index (χ3v) is 6.86. The first-order valence-electron chi connectivity index (χ1n) is 13.4. The van der Waals surface area contributed by atoms with Crippen molar-refractivity contribution in [1.82, 2.24) is 30.0 Å². The van der Waals surface area contributed by atoms with Crippen LogP contribution in [-0.4, -0.2) is 61.0 Å². The number of aromatic amines is 1. The minimum Gasteiger partial charge on any atom is -0.456 e. The van der Waals surface area contributed by atoms with E-state index in [0.29, 0.717) is 58.5 Å². The average Bonchev–Trinajstić information content (AvgIpc) is 3.41. The van der Waals surface area contributed by atoms with Crippen molar-refractivity contribution in [1.29, 1.82) is 0 Å². The lowest BCUT2D eigenvalue weighted by molar-refractivity contribution is 0.0708. The van der Waals surface area contributed by atoms with Gasteiger partial charge in [-0.3, -0.25) is 19.7 Å². The van der Waals surface area contributed by atoms with Crippen molar-refractivity contribution in [2.45, 2.75) is 25.8 Å². The zero-order valence-electron chi connectivity index (χ0n) is 22.4. The van der Waals surface area contributed by atoms with Gasteiger partial charge in [0.15, 0.2) is 11.5 Å². The number of nitrogens with zero attached hydrogens (tertiary/aromatic N) is 5. The molecule has 3 N–H and O–H groups in total. The molecule has 1 fully saturated rings. The van der Waals surface area contributed by atoms with Gasteiger partial charge in [0.05, 0.1) is 0 Å². The number of pyridine rings is 3. The zero-order valence-corrected chi connectivity index (χ0v) is 22.4. The number of nitrogens with one attached hydrogen (secondary N) is 3. The van der Waals surface area contributed by atoms with Gasteiger partial charge in [-0.05, 0) is 73.9 Å². The molecular weight excluding hydrogens is 520 g/mol. The standard InChI is InChI=1S/C30H28N8O3/c1-19-11-14-32-25(17-19)35-29(39)20-7-9-22(10-8-20)41-24-12-15-33-27-26(24)28(37-36-27)34-21-5-4-16-38(18-21)30(40)23-6-2-3-13-31-23/h2-3,6-15,17,21H,4-5,16,18H2,1H3,(H,32,35,39)(H2,33,34,36,37). The molecule has 206 valence electrons. The van der Waals surface area contributed by atoms with Crippen molar-refractivity contribution in [2.75, 3.05) is 23.7 Å². The van der Waals surface area contributed by atoms with Crippen LogP contribution < -0.4 is 15.4 Å². The SMILES string of the molecule is Cc1ccnc(NC(=O)c2ccc(Oc3ccnc4[nH]nc(NC5CCCN(C(=O)c6ccccn6)C5)c34)cc2)c1. The molecule has 11 nitrogen and oxygen atoms in total. The highest BCUT2D eigenvalue weighted by Gasteiger charge is 2.26. The first-order valence-corrected chi connectivity index (χ1v) is 13.4. The maximum Gasteiger partial charge on any atom is 0.272 e. The fourth-order valence-corrected chi connectivity index (χ4v) is 4.83. The van der Waals surface area contributed by atoms with Crippen molar-refractivity contribution >= 4 is 34.5 Å². The van der Waals surface area contributed by atoms with Gasteiger partial charge in [0.25, 0.3) is 11.8 Å². The molecule has 1 unspecified atom stereocenters. The van der Waals surface area contributed by atoms with Gasteiger partial charge in [0.2, 0.25) is 0 Å². The summed E-state index contributed by atoms with van der Waals surface area (Å²) in [6.07, 6.45) is 6.67. The molecule has 5 heterocycles. The molecule has 0 spiro atoms. The van der Waals surface area contributed by atoms with E-state index in [9.17, 15) is 9.59 Å². The van der Waals surface area contributed by atoms with Gasteiger partial charge in [-0.1, -0.05) is 6.07 Å². The van der Waals surface area contributed by atoms with E-state index in [2.05, 4.69) is 35.8 Å². The first-order chi connectivity index (χ1) is 20.0. The second-order valence-electron chi connectivity index (χ2n) is 9.85. The van der Waals surface area contributed by atoms with Gasteiger partial charge in [0, 0.05) is 49.4 Å². The maximum atomic E-state index is 12.9. The number of amides is 2. The van der Waals surface area contributed by atoms with Crippen LogP contribution in [0, 0.1) is 6.92 Å². The predicted molar refractivity (Wildman–Crippen MR) is 154 cm³/mol. The number of piperidine rings is 1. The van der Waals surface area contributed by atoms with E-state index < -0.39 is 0 Å². The Labute approximate surface area is 236 Å². The van der Waals surface area contributed by atoms with Gasteiger partial charge >= 0.3 is 0 Å². The van der Waals surface area contributed by atoms with Crippen LogP contribution in [-0.2, 0) is 0 Å². The van der Waals surface area contributed by atoms with Gasteiger partial charge in [0.1, 0.15) is 28.4 Å². The van der Waals surface area contributed by atoms with Gasteiger partial charge in [-0.2, -0.15) is 5.10 Å². The lowest BCUT2D eigenvalue weighted by atomic mass is 10.0. The highest BCUT2D eigenvalue weighted by atomic mass is 16.5. The van der Waals surface area contributed by atoms with E-state index in [-0.39, 0.29) is 17.9 Å². The molecule has 1 aliphatic heterocycles. The minimum atomic E-state index is -0.259. The van der Waals surface area contributed by atoms with E-state index in [4.69, 9.17) is 4.74 Å². The van der Waals surface area contributed by atoms with Crippen LogP contribution in [0.25, 0.3) is 11.0 Å². The third kappa shape index (κ3) is 5.83. The number of anilines is 2. The Bertz CT molecular complexity index is 1690. The number of carbonyl (C=O) groups is 2. The first kappa shape index (κ1) is 25.9. The number of aryl methyl sites for hydroxylation is 1. The summed E-state index contributed by atoms with van der Waals surface area (Å²) < 4.78 is 6.21. The fraction of sp³-hybridized carbons (Fsp3) is 0.200. The second kappa shape index (κ2) is 11.4. The number of hydrogen-bond acceptors (Lipinski definition) is 8. The number of benzene rings is 1. The molecule has 6 rings (SSSR count). The molecule has 1 saturated heterocycles. The molecule has 5 aromatic rings. The fourth-order valence-electron chi connectivity index (χ4n) is 4.83. The number of H-pyrrole nitrogens is 1. The normalized spacial score (nSPS) is 15.0. The number of likely N-dealkylation sites (tertiary alicyclic amines) is 1. The van der Waals surface area contributed by atoms with E-state index in [0.717, 1.165) is 18.4 Å². The van der Waals surface area contributed by atoms with Gasteiger partial charge < -0.3 is 20.3 Å². The van der Waals surface area contributed by atoms with Crippen molar-refractivity contribution in [3.63, 3.8) is 0 Å². The summed E-state index contributed by atoms with van der Waals surface area (Å²) in [5, 5.41) is 14.4. The van der Waals surface area contributed by atoms with Crippen LogP contribution in [0.15, 0.2) is 79.3 Å². The Balaban J connectivity index is 1.15. The molecule has 41 heavy (non-hydrogen) atoms. The largest absolute Gasteiger partial charge is 0.456 e. The number of carbonyl (C=O) groups excluding carboxylic acids is 2. The summed E-state index contributed by atoms with van der Waals surface area (Å²) in [6, 6.07) is 17.7. The molecular formula is C30H28N8O3. The quantitative estimate of drug-likeness (QED) is 0.263. The maximum absolute atomic E-state index is 12.9. The molecule has 0 saturated carbocycles. The van der Waals surface area contributed by atoms with Crippen LogP contribution >= 0.6 is 0 Å². The molecule has 0 bridgehead atoms. The molecule has 1 aromatic carbocycles. The Morgan fingerprint density at radius 3 is 2.66 bits per heavy atom. The number of hydrogen-bond donors (Lipinski definition) is 3. The number of fused-ring (bicyclic) bond motifs is 1. The number of aromatic nitrogens is 5. The Hall–Kier alpha value is -5.32. The van der Waals surface area contributed by atoms with Crippen molar-refractivity contribution in [3.8, 4) is 11.5 Å². The summed E-state index contributed by atoms with van der Waals surface area (Å²) in [4.78, 5) is 40.2. The Kier molecular flexibility index (Phi) is 7.23. The number of ether oxygens (including phenoxy) is 1. The number of rotatable bonds is 7. The average molecular weight is 549 g/mol. The summed E-state index contributed by atoms with van der Waals surface area (Å²) in [5.41, 5.74) is 2.50. The van der Waals surface area contributed by atoms with Crippen LogP contribution in [0.2, 0.25) is 0 Å². The van der Waals surface area contributed by atoms with E-state index in [1.165, 1.54) is 0 Å². The molecule has 4 aromatic heterocycles. The zero-order chi connectivity index (χ0) is 28.2. The van der Waals surface area contributed by atoms with Crippen LogP contribution in [0.1, 0.15) is 39.3 Å². The van der Waals surface area contributed by atoms with Crippen molar-refractivity contribution in [3.05, 3.63) is 96.1 Å². The monoisotopic (exact) mass is 548 g/mol. The molecule has 0 aliphatic carbocycles. The van der Waals surface area contributed by atoms with E-state index in [1.54, 1.807) is 61.1 Å². The summed E-state index contributed by atoms with van der Waals surface area (Å²) >= 11 is 0. The molecule has 1 atom stereocenters. The Morgan fingerprint density at radius 1 is 1.00 bits per heavy atom. The smallest absolute Gasteiger partial charge is 0.272 e. The van der Waals surface area contributed by atoms with Gasteiger partial charge in [-0.15, -0.1) is 0 Å². The minimum absolute atomic E-state index is 0.00310. The van der Waals surface area contributed by atoms with Crippen LogP contribution in [0.4, 0.5) is 11.6 Å². The topological polar surface area (TPSA) is 138 Å². The van der Waals surface area contributed by atoms with Crippen LogP contribution in [0.5, 0.6) is 11.5 Å². The second-order valence-corrected chi connectivity index (χ2v) is 9.85.